The van der Waals surface area contributed by atoms with E-state index in [4.69, 9.17) is 0 Å². The zero-order valence-corrected chi connectivity index (χ0v) is 13.2. The molecule has 5 heteroatoms. The molecule has 2 aromatic heterocycles. The molecule has 0 spiro atoms. The second-order valence-corrected chi connectivity index (χ2v) is 5.66. The zero-order chi connectivity index (χ0) is 14.8. The number of hydrogen-bond donors (Lipinski definition) is 0. The van der Waals surface area contributed by atoms with Gasteiger partial charge in [0.15, 0.2) is 0 Å². The average Bonchev–Trinajstić information content (AvgIpc) is 2.51. The fourth-order valence-corrected chi connectivity index (χ4v) is 2.52. The minimum Gasteiger partial charge on any atom is -0.299 e. The van der Waals surface area contributed by atoms with Gasteiger partial charge in [-0.2, -0.15) is 0 Å². The molecule has 0 N–H and O–H groups in total. The third-order valence-corrected chi connectivity index (χ3v) is 3.82. The van der Waals surface area contributed by atoms with Gasteiger partial charge < -0.3 is 0 Å². The molecule has 1 aromatic carbocycles. The van der Waals surface area contributed by atoms with Crippen molar-refractivity contribution >= 4 is 26.8 Å². The number of aryl methyl sites for hydroxylation is 1. The first-order chi connectivity index (χ1) is 10.2. The summed E-state index contributed by atoms with van der Waals surface area (Å²) < 4.78 is 2.45. The van der Waals surface area contributed by atoms with Gasteiger partial charge in [0.05, 0.1) is 17.2 Å². The van der Waals surface area contributed by atoms with Crippen LogP contribution in [0.4, 0.5) is 0 Å². The van der Waals surface area contributed by atoms with Crippen LogP contribution in [0.3, 0.4) is 0 Å². The van der Waals surface area contributed by atoms with Gasteiger partial charge in [0, 0.05) is 18.3 Å². The smallest absolute Gasteiger partial charge is 0.261 e. The zero-order valence-electron chi connectivity index (χ0n) is 11.6. The summed E-state index contributed by atoms with van der Waals surface area (Å²) in [5.41, 5.74) is 2.68. The van der Waals surface area contributed by atoms with E-state index in [0.717, 1.165) is 27.7 Å². The lowest BCUT2D eigenvalue weighted by atomic mass is 10.1. The van der Waals surface area contributed by atoms with Gasteiger partial charge in [-0.3, -0.25) is 9.36 Å². The van der Waals surface area contributed by atoms with Crippen molar-refractivity contribution < 1.29 is 0 Å². The Morgan fingerprint density at radius 1 is 1.14 bits per heavy atom. The van der Waals surface area contributed by atoms with Gasteiger partial charge in [-0.25, -0.2) is 9.97 Å². The first-order valence-corrected chi connectivity index (χ1v) is 7.59. The normalized spacial score (nSPS) is 11.0. The summed E-state index contributed by atoms with van der Waals surface area (Å²) in [5, 5.41) is 0.645. The van der Waals surface area contributed by atoms with Gasteiger partial charge in [0.2, 0.25) is 0 Å². The molecule has 21 heavy (non-hydrogen) atoms. The van der Waals surface area contributed by atoms with E-state index in [0.29, 0.717) is 11.9 Å². The highest BCUT2D eigenvalue weighted by Gasteiger charge is 2.06. The maximum Gasteiger partial charge on any atom is 0.261 e. The number of pyridine rings is 1. The van der Waals surface area contributed by atoms with Gasteiger partial charge in [-0.1, -0.05) is 19.1 Å². The predicted octanol–water partition coefficient (Wildman–Crippen LogP) is 3.63. The summed E-state index contributed by atoms with van der Waals surface area (Å²) in [6, 6.07) is 9.59. The molecule has 3 rings (SSSR count). The Hall–Kier alpha value is -2.01. The topological polar surface area (TPSA) is 47.8 Å². The van der Waals surface area contributed by atoms with E-state index in [1.54, 1.807) is 17.1 Å². The monoisotopic (exact) mass is 343 g/mol. The molecule has 0 saturated carbocycles. The van der Waals surface area contributed by atoms with Crippen molar-refractivity contribution in [3.05, 3.63) is 57.8 Å². The van der Waals surface area contributed by atoms with Gasteiger partial charge in [0.1, 0.15) is 4.60 Å². The maximum atomic E-state index is 12.5. The number of nitrogens with zero attached hydrogens (tertiary/aromatic N) is 3. The summed E-state index contributed by atoms with van der Waals surface area (Å²) >= 11 is 3.32. The molecule has 0 amide bonds. The standard InChI is InChI=1S/C16H14BrN3O/c1-2-7-20-10-19-14-5-3-11(8-13(14)16(20)21)12-4-6-15(17)18-9-12/h3-6,8-10H,2,7H2,1H3. The molecule has 0 bridgehead atoms. The molecule has 0 fully saturated rings. The highest BCUT2D eigenvalue weighted by molar-refractivity contribution is 9.10. The van der Waals surface area contributed by atoms with Crippen LogP contribution in [0.5, 0.6) is 0 Å². The molecule has 3 aromatic rings. The Morgan fingerprint density at radius 3 is 2.67 bits per heavy atom. The number of fused-ring (bicyclic) bond motifs is 1. The molecule has 0 unspecified atom stereocenters. The van der Waals surface area contributed by atoms with Crippen LogP contribution in [0.15, 0.2) is 52.3 Å². The third kappa shape index (κ3) is 2.74. The quantitative estimate of drug-likeness (QED) is 0.682. The van der Waals surface area contributed by atoms with E-state index in [1.165, 1.54) is 0 Å². The van der Waals surface area contributed by atoms with Crippen molar-refractivity contribution in [3.63, 3.8) is 0 Å². The summed E-state index contributed by atoms with van der Waals surface area (Å²) in [6.45, 7) is 2.73. The molecule has 0 aliphatic rings. The van der Waals surface area contributed by atoms with Crippen LogP contribution in [0.1, 0.15) is 13.3 Å². The van der Waals surface area contributed by atoms with Crippen molar-refractivity contribution in [1.82, 2.24) is 14.5 Å². The lowest BCUT2D eigenvalue weighted by molar-refractivity contribution is 0.648. The van der Waals surface area contributed by atoms with Crippen LogP contribution < -0.4 is 5.56 Å². The Labute approximate surface area is 130 Å². The van der Waals surface area contributed by atoms with Crippen LogP contribution in [-0.4, -0.2) is 14.5 Å². The second-order valence-electron chi connectivity index (χ2n) is 4.84. The Morgan fingerprint density at radius 2 is 1.95 bits per heavy atom. The van der Waals surface area contributed by atoms with Crippen LogP contribution in [0.25, 0.3) is 22.0 Å². The van der Waals surface area contributed by atoms with Crippen LogP contribution in [0.2, 0.25) is 0 Å². The highest BCUT2D eigenvalue weighted by atomic mass is 79.9. The summed E-state index contributed by atoms with van der Waals surface area (Å²) in [6.07, 6.45) is 4.31. The fraction of sp³-hybridized carbons (Fsp3) is 0.188. The molecular weight excluding hydrogens is 330 g/mol. The molecule has 0 atom stereocenters. The van der Waals surface area contributed by atoms with E-state index in [-0.39, 0.29) is 5.56 Å². The summed E-state index contributed by atoms with van der Waals surface area (Å²) in [7, 11) is 0. The summed E-state index contributed by atoms with van der Waals surface area (Å²) in [4.78, 5) is 21.0. The summed E-state index contributed by atoms with van der Waals surface area (Å²) in [5.74, 6) is 0. The average molecular weight is 344 g/mol. The Balaban J connectivity index is 2.16. The van der Waals surface area contributed by atoms with E-state index < -0.39 is 0 Å². The molecule has 0 saturated heterocycles. The second kappa shape index (κ2) is 5.77. The Bertz CT molecular complexity index is 840. The van der Waals surface area contributed by atoms with Crippen LogP contribution in [-0.2, 0) is 6.54 Å². The molecule has 2 heterocycles. The number of hydrogen-bond acceptors (Lipinski definition) is 3. The number of aromatic nitrogens is 3. The lowest BCUT2D eigenvalue weighted by Crippen LogP contribution is -2.20. The lowest BCUT2D eigenvalue weighted by Gasteiger charge is -2.07. The molecule has 4 nitrogen and oxygen atoms in total. The van der Waals surface area contributed by atoms with Crippen molar-refractivity contribution in [2.45, 2.75) is 19.9 Å². The number of benzene rings is 1. The van der Waals surface area contributed by atoms with E-state index >= 15 is 0 Å². The van der Waals surface area contributed by atoms with Gasteiger partial charge in [0.25, 0.3) is 5.56 Å². The van der Waals surface area contributed by atoms with Gasteiger partial charge in [-0.15, -0.1) is 0 Å². The van der Waals surface area contributed by atoms with E-state index in [9.17, 15) is 4.79 Å². The molecule has 0 radical (unpaired) electrons. The number of rotatable bonds is 3. The first-order valence-electron chi connectivity index (χ1n) is 6.80. The highest BCUT2D eigenvalue weighted by Crippen LogP contribution is 2.22. The molecular formula is C16H14BrN3O. The minimum absolute atomic E-state index is 0.00812. The fourth-order valence-electron chi connectivity index (χ4n) is 2.29. The minimum atomic E-state index is 0.00812. The molecule has 0 aliphatic carbocycles. The van der Waals surface area contributed by atoms with Crippen LogP contribution in [0, 0.1) is 0 Å². The van der Waals surface area contributed by atoms with Gasteiger partial charge >= 0.3 is 0 Å². The van der Waals surface area contributed by atoms with E-state index in [2.05, 4.69) is 25.9 Å². The third-order valence-electron chi connectivity index (χ3n) is 3.35. The van der Waals surface area contributed by atoms with E-state index in [1.807, 2.05) is 37.3 Å². The van der Waals surface area contributed by atoms with Crippen molar-refractivity contribution in [2.24, 2.45) is 0 Å². The maximum absolute atomic E-state index is 12.5. The SMILES string of the molecule is CCCn1cnc2ccc(-c3ccc(Br)nc3)cc2c1=O. The first kappa shape index (κ1) is 13.9. The van der Waals surface area contributed by atoms with Crippen LogP contribution >= 0.6 is 15.9 Å². The Kier molecular flexibility index (Phi) is 3.84. The van der Waals surface area contributed by atoms with Crippen molar-refractivity contribution in [3.8, 4) is 11.1 Å². The molecule has 106 valence electrons. The van der Waals surface area contributed by atoms with Crippen molar-refractivity contribution in [1.29, 1.82) is 0 Å². The van der Waals surface area contributed by atoms with Gasteiger partial charge in [-0.05, 0) is 46.1 Å². The van der Waals surface area contributed by atoms with Crippen molar-refractivity contribution in [2.75, 3.05) is 0 Å². The largest absolute Gasteiger partial charge is 0.299 e. The predicted molar refractivity (Wildman–Crippen MR) is 87.2 cm³/mol. The molecule has 0 aliphatic heterocycles. The number of halogens is 1.